The van der Waals surface area contributed by atoms with Gasteiger partial charge in [-0.1, -0.05) is 6.92 Å². The molecular formula is C11H14O3. The highest BCUT2D eigenvalue weighted by molar-refractivity contribution is 5.24. The number of fused-ring (bicyclic) bond motifs is 1. The molecule has 3 heteroatoms. The van der Waals surface area contributed by atoms with Gasteiger partial charge in [0.2, 0.25) is 0 Å². The number of aliphatic hydroxyl groups excluding tert-OH is 1. The van der Waals surface area contributed by atoms with Gasteiger partial charge in [0.15, 0.2) is 5.43 Å². The van der Waals surface area contributed by atoms with Gasteiger partial charge in [0.1, 0.15) is 5.76 Å². The first-order chi connectivity index (χ1) is 6.74. The Morgan fingerprint density at radius 1 is 1.64 bits per heavy atom. The monoisotopic (exact) mass is 194 g/mol. The second-order valence-corrected chi connectivity index (χ2v) is 3.75. The predicted octanol–water partition coefficient (Wildman–Crippen LogP) is 1.44. The molecule has 0 saturated carbocycles. The van der Waals surface area contributed by atoms with Gasteiger partial charge in [-0.2, -0.15) is 0 Å². The van der Waals surface area contributed by atoms with Crippen molar-refractivity contribution in [1.29, 1.82) is 0 Å². The van der Waals surface area contributed by atoms with Crippen LogP contribution in [0.15, 0.2) is 21.5 Å². The van der Waals surface area contributed by atoms with E-state index in [4.69, 9.17) is 4.42 Å². The van der Waals surface area contributed by atoms with Gasteiger partial charge in [-0.15, -0.1) is 0 Å². The van der Waals surface area contributed by atoms with Crippen LogP contribution in [0.3, 0.4) is 0 Å². The summed E-state index contributed by atoms with van der Waals surface area (Å²) in [6, 6.07) is 1.45. The van der Waals surface area contributed by atoms with Gasteiger partial charge in [0.05, 0.1) is 12.4 Å². The first-order valence-corrected chi connectivity index (χ1v) is 5.02. The predicted molar refractivity (Wildman–Crippen MR) is 52.3 cm³/mol. The Bertz CT molecular complexity index is 380. The molecule has 0 radical (unpaired) electrons. The van der Waals surface area contributed by atoms with Crippen molar-refractivity contribution < 1.29 is 9.52 Å². The zero-order chi connectivity index (χ0) is 10.1. The van der Waals surface area contributed by atoms with E-state index in [1.54, 1.807) is 0 Å². The van der Waals surface area contributed by atoms with Crippen LogP contribution >= 0.6 is 0 Å². The molecular weight excluding hydrogens is 180 g/mol. The minimum atomic E-state index is -0.363. The largest absolute Gasteiger partial charge is 0.468 e. The van der Waals surface area contributed by atoms with Crippen LogP contribution in [0, 0.1) is 0 Å². The maximum atomic E-state index is 11.5. The summed E-state index contributed by atoms with van der Waals surface area (Å²) in [5, 5.41) is 9.74. The van der Waals surface area contributed by atoms with E-state index >= 15 is 0 Å². The molecule has 0 aromatic carbocycles. The lowest BCUT2D eigenvalue weighted by Crippen LogP contribution is -2.28. The molecule has 0 bridgehead atoms. The number of rotatable bonds is 1. The van der Waals surface area contributed by atoms with Crippen molar-refractivity contribution >= 4 is 0 Å². The molecule has 3 nitrogen and oxygen atoms in total. The van der Waals surface area contributed by atoms with E-state index in [1.807, 2.05) is 6.92 Å². The van der Waals surface area contributed by atoms with Gasteiger partial charge < -0.3 is 9.52 Å². The smallest absolute Gasteiger partial charge is 0.188 e. The highest BCUT2D eigenvalue weighted by Gasteiger charge is 2.30. The van der Waals surface area contributed by atoms with Crippen LogP contribution < -0.4 is 5.43 Å². The lowest BCUT2D eigenvalue weighted by Gasteiger charge is -2.26. The van der Waals surface area contributed by atoms with Gasteiger partial charge in [0.25, 0.3) is 0 Å². The molecule has 1 N–H and O–H groups in total. The average molecular weight is 194 g/mol. The first-order valence-electron chi connectivity index (χ1n) is 5.02. The Morgan fingerprint density at radius 3 is 3.14 bits per heavy atom. The highest BCUT2D eigenvalue weighted by Crippen LogP contribution is 2.32. The molecule has 76 valence electrons. The minimum Gasteiger partial charge on any atom is -0.468 e. The van der Waals surface area contributed by atoms with Gasteiger partial charge in [-0.05, 0) is 19.3 Å². The molecule has 0 spiro atoms. The summed E-state index contributed by atoms with van der Waals surface area (Å²) in [6.45, 7) is 2.00. The number of aliphatic hydroxyl groups is 1. The van der Waals surface area contributed by atoms with E-state index in [1.165, 1.54) is 12.3 Å². The summed E-state index contributed by atoms with van der Waals surface area (Å²) in [5.74, 6) is 0.686. The lowest BCUT2D eigenvalue weighted by atomic mass is 9.83. The van der Waals surface area contributed by atoms with Crippen LogP contribution in [-0.2, 0) is 6.42 Å². The second kappa shape index (κ2) is 3.58. The van der Waals surface area contributed by atoms with Crippen LogP contribution in [0.1, 0.15) is 37.0 Å². The SMILES string of the molecule is CCC1c2occc(=O)c2CCC1O. The second-order valence-electron chi connectivity index (χ2n) is 3.75. The van der Waals surface area contributed by atoms with E-state index in [2.05, 4.69) is 0 Å². The zero-order valence-corrected chi connectivity index (χ0v) is 8.19. The van der Waals surface area contributed by atoms with Crippen LogP contribution in [0.25, 0.3) is 0 Å². The van der Waals surface area contributed by atoms with E-state index in [0.29, 0.717) is 18.6 Å². The molecule has 1 aromatic rings. The van der Waals surface area contributed by atoms with E-state index < -0.39 is 0 Å². The van der Waals surface area contributed by atoms with Crippen LogP contribution in [0.4, 0.5) is 0 Å². The van der Waals surface area contributed by atoms with Crippen molar-refractivity contribution in [3.8, 4) is 0 Å². The van der Waals surface area contributed by atoms with Gasteiger partial charge in [0, 0.05) is 17.5 Å². The summed E-state index contributed by atoms with van der Waals surface area (Å²) in [7, 11) is 0. The quantitative estimate of drug-likeness (QED) is 0.736. The van der Waals surface area contributed by atoms with Gasteiger partial charge >= 0.3 is 0 Å². The molecule has 2 atom stereocenters. The van der Waals surface area contributed by atoms with Crippen LogP contribution in [0.2, 0.25) is 0 Å². The standard InChI is InChI=1S/C11H14O3/c1-2-7-9(12)4-3-8-10(13)5-6-14-11(7)8/h5-7,9,12H,2-4H2,1H3. The fourth-order valence-electron chi connectivity index (χ4n) is 2.15. The molecule has 1 heterocycles. The molecule has 0 aliphatic heterocycles. The van der Waals surface area contributed by atoms with E-state index in [9.17, 15) is 9.90 Å². The van der Waals surface area contributed by atoms with Crippen molar-refractivity contribution in [2.45, 2.75) is 38.2 Å². The molecule has 1 aliphatic rings. The highest BCUT2D eigenvalue weighted by atomic mass is 16.3. The lowest BCUT2D eigenvalue weighted by molar-refractivity contribution is 0.110. The summed E-state index contributed by atoms with van der Waals surface area (Å²) in [6.07, 6.45) is 3.16. The topological polar surface area (TPSA) is 50.4 Å². The molecule has 1 aromatic heterocycles. The zero-order valence-electron chi connectivity index (χ0n) is 8.19. The Kier molecular flexibility index (Phi) is 2.42. The molecule has 2 rings (SSSR count). The Labute approximate surface area is 82.4 Å². The summed E-state index contributed by atoms with van der Waals surface area (Å²) >= 11 is 0. The molecule has 1 aliphatic carbocycles. The normalized spacial score (nSPS) is 25.9. The Morgan fingerprint density at radius 2 is 2.43 bits per heavy atom. The summed E-state index contributed by atoms with van der Waals surface area (Å²) in [5.41, 5.74) is 0.793. The number of hydrogen-bond donors (Lipinski definition) is 1. The third kappa shape index (κ3) is 1.38. The maximum absolute atomic E-state index is 11.5. The van der Waals surface area contributed by atoms with Crippen molar-refractivity contribution in [1.82, 2.24) is 0 Å². The Hall–Kier alpha value is -1.09. The summed E-state index contributed by atoms with van der Waals surface area (Å²) < 4.78 is 5.34. The van der Waals surface area contributed by atoms with Crippen molar-refractivity contribution in [2.75, 3.05) is 0 Å². The Balaban J connectivity index is 2.52. The third-order valence-electron chi connectivity index (χ3n) is 2.94. The first kappa shape index (κ1) is 9.46. The van der Waals surface area contributed by atoms with Gasteiger partial charge in [-0.3, -0.25) is 4.79 Å². The van der Waals surface area contributed by atoms with Crippen molar-refractivity contribution in [3.63, 3.8) is 0 Å². The maximum Gasteiger partial charge on any atom is 0.188 e. The fourth-order valence-corrected chi connectivity index (χ4v) is 2.15. The van der Waals surface area contributed by atoms with Crippen molar-refractivity contribution in [3.05, 3.63) is 33.9 Å². The van der Waals surface area contributed by atoms with Gasteiger partial charge in [-0.25, -0.2) is 0 Å². The molecule has 0 saturated heterocycles. The fraction of sp³-hybridized carbons (Fsp3) is 0.545. The third-order valence-corrected chi connectivity index (χ3v) is 2.94. The van der Waals surface area contributed by atoms with Crippen LogP contribution in [-0.4, -0.2) is 11.2 Å². The summed E-state index contributed by atoms with van der Waals surface area (Å²) in [4.78, 5) is 11.5. The minimum absolute atomic E-state index is 0.00681. The van der Waals surface area contributed by atoms with E-state index in [-0.39, 0.29) is 17.5 Å². The molecule has 2 unspecified atom stereocenters. The average Bonchev–Trinajstić information content (AvgIpc) is 2.18. The van der Waals surface area contributed by atoms with E-state index in [0.717, 1.165) is 12.0 Å². The van der Waals surface area contributed by atoms with Crippen LogP contribution in [0.5, 0.6) is 0 Å². The van der Waals surface area contributed by atoms with Crippen molar-refractivity contribution in [2.24, 2.45) is 0 Å². The number of hydrogen-bond acceptors (Lipinski definition) is 3. The molecule has 0 amide bonds. The molecule has 14 heavy (non-hydrogen) atoms. The molecule has 0 fully saturated rings.